The Labute approximate surface area is 109 Å². The van der Waals surface area contributed by atoms with Crippen LogP contribution in [0.5, 0.6) is 0 Å². The molecule has 0 aliphatic heterocycles. The molecule has 0 N–H and O–H groups in total. The normalized spacial score (nSPS) is 11.1. The summed E-state index contributed by atoms with van der Waals surface area (Å²) in [6.45, 7) is 1.97. The average Bonchev–Trinajstić information content (AvgIpc) is 2.75. The molecule has 0 spiro atoms. The fraction of sp³-hybridized carbons (Fsp3) is 0.133. The van der Waals surface area contributed by atoms with Crippen LogP contribution in [0.3, 0.4) is 0 Å². The molecule has 1 heterocycles. The van der Waals surface area contributed by atoms with E-state index in [0.29, 0.717) is 12.1 Å². The maximum absolute atomic E-state index is 13.4. The number of aryl methyl sites for hydroxylation is 1. The third kappa shape index (κ3) is 1.99. The first-order valence-electron chi connectivity index (χ1n) is 6.12. The smallest absolute Gasteiger partial charge is 0.128 e. The number of fused-ring (bicyclic) bond motifs is 1. The second-order valence-electron chi connectivity index (χ2n) is 4.33. The number of hydrogen-bond acceptors (Lipinski definition) is 1. The lowest BCUT2D eigenvalue weighted by atomic mass is 10.2. The Morgan fingerprint density at radius 1 is 1.05 bits per heavy atom. The van der Waals surface area contributed by atoms with E-state index >= 15 is 0 Å². The molecule has 0 unspecified atom stereocenters. The molecule has 96 valence electrons. The number of hydrogen-bond donors (Lipinski definition) is 0. The maximum atomic E-state index is 13.4. The number of benzene rings is 2. The Morgan fingerprint density at radius 2 is 1.74 bits per heavy atom. The third-order valence-corrected chi connectivity index (χ3v) is 3.05. The molecule has 0 bridgehead atoms. The molecule has 0 saturated heterocycles. The highest BCUT2D eigenvalue weighted by atomic mass is 19.1. The summed E-state index contributed by atoms with van der Waals surface area (Å²) in [5.74, 6) is -0.393. The summed E-state index contributed by atoms with van der Waals surface area (Å²) < 4.78 is 28.6. The number of rotatable bonds is 2. The van der Waals surface area contributed by atoms with E-state index in [1.807, 2.05) is 31.2 Å². The van der Waals surface area contributed by atoms with E-state index in [4.69, 9.17) is 0 Å². The summed E-state index contributed by atoms with van der Waals surface area (Å²) in [6.07, 6.45) is 0.687. The minimum Gasteiger partial charge on any atom is -0.296 e. The summed E-state index contributed by atoms with van der Waals surface area (Å²) >= 11 is 0. The van der Waals surface area contributed by atoms with Crippen molar-refractivity contribution in [2.24, 2.45) is 0 Å². The van der Waals surface area contributed by atoms with Crippen LogP contribution in [0.25, 0.3) is 16.7 Å². The van der Waals surface area contributed by atoms with E-state index < -0.39 is 11.6 Å². The number of imidazole rings is 1. The summed E-state index contributed by atoms with van der Waals surface area (Å²) in [6, 6.07) is 11.1. The number of nitrogens with zero attached hydrogens (tertiary/aromatic N) is 2. The van der Waals surface area contributed by atoms with Crippen molar-refractivity contribution in [3.63, 3.8) is 0 Å². The molecule has 3 rings (SSSR count). The lowest BCUT2D eigenvalue weighted by Crippen LogP contribution is -2.01. The highest BCUT2D eigenvalue weighted by Crippen LogP contribution is 2.23. The molecule has 4 heteroatoms. The van der Waals surface area contributed by atoms with Crippen LogP contribution in [0.1, 0.15) is 12.7 Å². The van der Waals surface area contributed by atoms with Crippen molar-refractivity contribution in [3.8, 4) is 5.69 Å². The molecule has 0 fully saturated rings. The van der Waals surface area contributed by atoms with Crippen LogP contribution >= 0.6 is 0 Å². The van der Waals surface area contributed by atoms with E-state index in [9.17, 15) is 8.78 Å². The zero-order valence-corrected chi connectivity index (χ0v) is 10.4. The van der Waals surface area contributed by atoms with E-state index in [1.54, 1.807) is 4.57 Å². The van der Waals surface area contributed by atoms with Gasteiger partial charge in [0, 0.05) is 12.5 Å². The van der Waals surface area contributed by atoms with Crippen LogP contribution in [0, 0.1) is 11.6 Å². The SMILES string of the molecule is CCc1nc2ccccc2n1-c1cc(F)cc(F)c1. The molecule has 19 heavy (non-hydrogen) atoms. The van der Waals surface area contributed by atoms with Gasteiger partial charge in [-0.2, -0.15) is 0 Å². The predicted octanol–water partition coefficient (Wildman–Crippen LogP) is 3.87. The van der Waals surface area contributed by atoms with Gasteiger partial charge < -0.3 is 0 Å². The van der Waals surface area contributed by atoms with Gasteiger partial charge >= 0.3 is 0 Å². The summed E-state index contributed by atoms with van der Waals surface area (Å²) in [5, 5.41) is 0. The summed E-state index contributed by atoms with van der Waals surface area (Å²) in [7, 11) is 0. The standard InChI is InChI=1S/C15H12F2N2/c1-2-15-18-13-5-3-4-6-14(13)19(15)12-8-10(16)7-11(17)9-12/h3-9H,2H2,1H3. The van der Waals surface area contributed by atoms with Gasteiger partial charge in [0.1, 0.15) is 17.5 Å². The second-order valence-corrected chi connectivity index (χ2v) is 4.33. The molecule has 0 radical (unpaired) electrons. The molecule has 0 saturated carbocycles. The number of aromatic nitrogens is 2. The van der Waals surface area contributed by atoms with Crippen molar-refractivity contribution in [3.05, 3.63) is 59.9 Å². The van der Waals surface area contributed by atoms with Crippen LogP contribution in [0.2, 0.25) is 0 Å². The molecular weight excluding hydrogens is 246 g/mol. The first-order valence-corrected chi connectivity index (χ1v) is 6.12. The molecule has 3 aromatic rings. The van der Waals surface area contributed by atoms with Crippen molar-refractivity contribution < 1.29 is 8.78 Å². The maximum Gasteiger partial charge on any atom is 0.128 e. The van der Waals surface area contributed by atoms with Crippen molar-refractivity contribution in [1.82, 2.24) is 9.55 Å². The van der Waals surface area contributed by atoms with Crippen molar-refractivity contribution >= 4 is 11.0 Å². The molecule has 2 nitrogen and oxygen atoms in total. The second kappa shape index (κ2) is 4.46. The van der Waals surface area contributed by atoms with Gasteiger partial charge in [0.05, 0.1) is 16.7 Å². The first kappa shape index (κ1) is 11.8. The van der Waals surface area contributed by atoms with E-state index in [0.717, 1.165) is 22.9 Å². The Balaban J connectivity index is 2.34. The van der Waals surface area contributed by atoms with Gasteiger partial charge in [-0.3, -0.25) is 4.57 Å². The van der Waals surface area contributed by atoms with Gasteiger partial charge in [-0.15, -0.1) is 0 Å². The zero-order chi connectivity index (χ0) is 13.4. The zero-order valence-electron chi connectivity index (χ0n) is 10.4. The largest absolute Gasteiger partial charge is 0.296 e. The van der Waals surface area contributed by atoms with Gasteiger partial charge in [-0.1, -0.05) is 19.1 Å². The lowest BCUT2D eigenvalue weighted by Gasteiger charge is -2.08. The molecular formula is C15H12F2N2. The third-order valence-electron chi connectivity index (χ3n) is 3.05. The highest BCUT2D eigenvalue weighted by molar-refractivity contribution is 5.78. The Kier molecular flexibility index (Phi) is 2.78. The average molecular weight is 258 g/mol. The summed E-state index contributed by atoms with van der Waals surface area (Å²) in [5.41, 5.74) is 2.14. The lowest BCUT2D eigenvalue weighted by molar-refractivity contribution is 0.581. The van der Waals surface area contributed by atoms with Gasteiger partial charge in [0.2, 0.25) is 0 Å². The molecule has 0 aliphatic rings. The van der Waals surface area contributed by atoms with E-state index in [-0.39, 0.29) is 0 Å². The summed E-state index contributed by atoms with van der Waals surface area (Å²) in [4.78, 5) is 4.48. The Bertz CT molecular complexity index is 727. The van der Waals surface area contributed by atoms with Gasteiger partial charge in [-0.25, -0.2) is 13.8 Å². The van der Waals surface area contributed by atoms with E-state index in [1.165, 1.54) is 12.1 Å². The molecule has 0 aliphatic carbocycles. The predicted molar refractivity (Wildman–Crippen MR) is 70.4 cm³/mol. The van der Waals surface area contributed by atoms with Crippen LogP contribution in [-0.2, 0) is 6.42 Å². The molecule has 0 atom stereocenters. The van der Waals surface area contributed by atoms with Crippen LogP contribution in [-0.4, -0.2) is 9.55 Å². The Morgan fingerprint density at radius 3 is 2.42 bits per heavy atom. The monoisotopic (exact) mass is 258 g/mol. The molecule has 2 aromatic carbocycles. The minimum absolute atomic E-state index is 0.461. The van der Waals surface area contributed by atoms with Crippen LogP contribution < -0.4 is 0 Å². The fourth-order valence-corrected chi connectivity index (χ4v) is 2.27. The molecule has 0 amide bonds. The fourth-order valence-electron chi connectivity index (χ4n) is 2.27. The molecule has 1 aromatic heterocycles. The quantitative estimate of drug-likeness (QED) is 0.682. The van der Waals surface area contributed by atoms with Gasteiger partial charge in [0.15, 0.2) is 0 Å². The minimum atomic E-state index is -0.588. The number of para-hydroxylation sites is 2. The van der Waals surface area contributed by atoms with Crippen molar-refractivity contribution in [2.45, 2.75) is 13.3 Å². The van der Waals surface area contributed by atoms with Crippen molar-refractivity contribution in [2.75, 3.05) is 0 Å². The van der Waals surface area contributed by atoms with Gasteiger partial charge in [0.25, 0.3) is 0 Å². The highest BCUT2D eigenvalue weighted by Gasteiger charge is 2.12. The number of halogens is 2. The topological polar surface area (TPSA) is 17.8 Å². The van der Waals surface area contributed by atoms with Crippen LogP contribution in [0.4, 0.5) is 8.78 Å². The van der Waals surface area contributed by atoms with Crippen molar-refractivity contribution in [1.29, 1.82) is 0 Å². The first-order chi connectivity index (χ1) is 9.19. The van der Waals surface area contributed by atoms with E-state index in [2.05, 4.69) is 4.98 Å². The van der Waals surface area contributed by atoms with Gasteiger partial charge in [-0.05, 0) is 24.3 Å². The van der Waals surface area contributed by atoms with Crippen LogP contribution in [0.15, 0.2) is 42.5 Å². The Hall–Kier alpha value is -2.23.